The maximum atomic E-state index is 5.93. The highest BCUT2D eigenvalue weighted by Gasteiger charge is 2.05. The predicted molar refractivity (Wildman–Crippen MR) is 60.9 cm³/mol. The van der Waals surface area contributed by atoms with Gasteiger partial charge < -0.3 is 5.73 Å². The van der Waals surface area contributed by atoms with Gasteiger partial charge in [-0.25, -0.2) is 0 Å². The van der Waals surface area contributed by atoms with Gasteiger partial charge in [0.15, 0.2) is 5.15 Å². The normalized spacial score (nSPS) is 10.2. The molecule has 2 N–H and O–H groups in total. The number of aromatic nitrogens is 2. The Hall–Kier alpha value is -0.770. The number of hydrogen-bond acceptors (Lipinski definition) is 2. The number of fused-ring (bicyclic) bond motifs is 1. The van der Waals surface area contributed by atoms with E-state index in [4.69, 9.17) is 17.3 Å². The van der Waals surface area contributed by atoms with E-state index in [-0.39, 0.29) is 12.4 Å². The molecule has 1 aromatic heterocycles. The van der Waals surface area contributed by atoms with Crippen LogP contribution in [0.4, 0.5) is 0 Å². The molecule has 0 aliphatic carbocycles. The van der Waals surface area contributed by atoms with E-state index in [1.807, 2.05) is 25.2 Å². The lowest BCUT2D eigenvalue weighted by molar-refractivity contribution is 0.797. The summed E-state index contributed by atoms with van der Waals surface area (Å²) < 4.78 is 1.76. The fourth-order valence-electron chi connectivity index (χ4n) is 1.40. The van der Waals surface area contributed by atoms with Gasteiger partial charge in [0.2, 0.25) is 0 Å². The Morgan fingerprint density at radius 2 is 2.21 bits per heavy atom. The molecule has 14 heavy (non-hydrogen) atoms. The van der Waals surface area contributed by atoms with Crippen molar-refractivity contribution in [1.82, 2.24) is 9.78 Å². The average molecular weight is 232 g/mol. The minimum Gasteiger partial charge on any atom is -0.326 e. The molecule has 1 heterocycles. The fraction of sp³-hybridized carbons (Fsp3) is 0.222. The zero-order valence-electron chi connectivity index (χ0n) is 7.70. The van der Waals surface area contributed by atoms with E-state index >= 15 is 0 Å². The SMILES string of the molecule is Cl.Cn1nc(Cl)c2cc(CN)ccc21. The summed E-state index contributed by atoms with van der Waals surface area (Å²) in [6.07, 6.45) is 0. The summed E-state index contributed by atoms with van der Waals surface area (Å²) >= 11 is 5.93. The first kappa shape index (κ1) is 11.3. The maximum absolute atomic E-state index is 5.93. The highest BCUT2D eigenvalue weighted by molar-refractivity contribution is 6.34. The Bertz CT molecular complexity index is 450. The molecule has 76 valence electrons. The topological polar surface area (TPSA) is 43.8 Å². The van der Waals surface area contributed by atoms with E-state index < -0.39 is 0 Å². The van der Waals surface area contributed by atoms with Crippen molar-refractivity contribution in [3.8, 4) is 0 Å². The van der Waals surface area contributed by atoms with Gasteiger partial charge in [-0.1, -0.05) is 17.7 Å². The molecule has 0 saturated carbocycles. The van der Waals surface area contributed by atoms with Crippen LogP contribution in [-0.2, 0) is 13.6 Å². The third-order valence-electron chi connectivity index (χ3n) is 2.11. The largest absolute Gasteiger partial charge is 0.326 e. The van der Waals surface area contributed by atoms with Crippen molar-refractivity contribution in [3.63, 3.8) is 0 Å². The summed E-state index contributed by atoms with van der Waals surface area (Å²) in [6, 6.07) is 5.95. The monoisotopic (exact) mass is 231 g/mol. The predicted octanol–water partition coefficient (Wildman–Crippen LogP) is 2.11. The van der Waals surface area contributed by atoms with E-state index in [1.165, 1.54) is 0 Å². The smallest absolute Gasteiger partial charge is 0.158 e. The quantitative estimate of drug-likeness (QED) is 0.818. The van der Waals surface area contributed by atoms with Crippen LogP contribution in [0.5, 0.6) is 0 Å². The highest BCUT2D eigenvalue weighted by atomic mass is 35.5. The van der Waals surface area contributed by atoms with Crippen LogP contribution in [0.15, 0.2) is 18.2 Å². The van der Waals surface area contributed by atoms with Gasteiger partial charge in [0.05, 0.1) is 5.52 Å². The third kappa shape index (κ3) is 1.71. The van der Waals surface area contributed by atoms with Crippen molar-refractivity contribution in [3.05, 3.63) is 28.9 Å². The molecule has 0 aliphatic rings. The van der Waals surface area contributed by atoms with Gasteiger partial charge in [-0.3, -0.25) is 4.68 Å². The second kappa shape index (κ2) is 4.17. The van der Waals surface area contributed by atoms with Crippen LogP contribution in [0.25, 0.3) is 10.9 Å². The lowest BCUT2D eigenvalue weighted by atomic mass is 10.1. The number of rotatable bonds is 1. The van der Waals surface area contributed by atoms with Gasteiger partial charge in [0.1, 0.15) is 0 Å². The van der Waals surface area contributed by atoms with Crippen molar-refractivity contribution >= 4 is 34.9 Å². The number of nitrogens with two attached hydrogens (primary N) is 1. The number of nitrogens with zero attached hydrogens (tertiary/aromatic N) is 2. The van der Waals surface area contributed by atoms with Gasteiger partial charge in [-0.05, 0) is 17.7 Å². The Kier molecular flexibility index (Phi) is 3.37. The summed E-state index contributed by atoms with van der Waals surface area (Å²) in [4.78, 5) is 0. The maximum Gasteiger partial charge on any atom is 0.158 e. The van der Waals surface area contributed by atoms with E-state index in [2.05, 4.69) is 5.10 Å². The standard InChI is InChI=1S/C9H10ClN3.ClH/c1-13-8-3-2-6(5-11)4-7(8)9(10)12-13;/h2-4H,5,11H2,1H3;1H. The summed E-state index contributed by atoms with van der Waals surface area (Å²) in [6.45, 7) is 0.529. The van der Waals surface area contributed by atoms with Crippen molar-refractivity contribution < 1.29 is 0 Å². The summed E-state index contributed by atoms with van der Waals surface area (Å²) in [5.41, 5.74) is 7.63. The van der Waals surface area contributed by atoms with Crippen LogP contribution < -0.4 is 5.73 Å². The van der Waals surface area contributed by atoms with Crippen LogP contribution in [-0.4, -0.2) is 9.78 Å². The first-order valence-corrected chi connectivity index (χ1v) is 4.41. The van der Waals surface area contributed by atoms with E-state index in [9.17, 15) is 0 Å². The van der Waals surface area contributed by atoms with Crippen LogP contribution in [0.1, 0.15) is 5.56 Å². The molecular weight excluding hydrogens is 221 g/mol. The van der Waals surface area contributed by atoms with Crippen LogP contribution in [0, 0.1) is 0 Å². The molecule has 0 spiro atoms. The lowest BCUT2D eigenvalue weighted by Crippen LogP contribution is -1.95. The van der Waals surface area contributed by atoms with E-state index in [0.717, 1.165) is 16.5 Å². The minimum atomic E-state index is 0. The van der Waals surface area contributed by atoms with Gasteiger partial charge in [0.25, 0.3) is 0 Å². The fourth-order valence-corrected chi connectivity index (χ4v) is 1.66. The number of halogens is 2. The van der Waals surface area contributed by atoms with Crippen molar-refractivity contribution in [2.24, 2.45) is 12.8 Å². The molecule has 1 aromatic carbocycles. The minimum absolute atomic E-state index is 0. The molecular formula is C9H11Cl2N3. The lowest BCUT2D eigenvalue weighted by Gasteiger charge is -1.97. The molecule has 0 bridgehead atoms. The zero-order chi connectivity index (χ0) is 9.42. The molecule has 0 amide bonds. The molecule has 0 unspecified atom stereocenters. The second-order valence-corrected chi connectivity index (χ2v) is 3.33. The van der Waals surface area contributed by atoms with E-state index in [1.54, 1.807) is 4.68 Å². The molecule has 0 fully saturated rings. The first-order valence-electron chi connectivity index (χ1n) is 4.03. The Morgan fingerprint density at radius 1 is 1.50 bits per heavy atom. The van der Waals surface area contributed by atoms with E-state index in [0.29, 0.717) is 11.7 Å². The number of hydrogen-bond donors (Lipinski definition) is 1. The van der Waals surface area contributed by atoms with Gasteiger partial charge in [-0.2, -0.15) is 5.10 Å². The highest BCUT2D eigenvalue weighted by Crippen LogP contribution is 2.22. The third-order valence-corrected chi connectivity index (χ3v) is 2.38. The molecule has 0 saturated heterocycles. The molecule has 2 aromatic rings. The summed E-state index contributed by atoms with van der Waals surface area (Å²) in [5, 5.41) is 5.61. The average Bonchev–Trinajstić information content (AvgIpc) is 2.42. The van der Waals surface area contributed by atoms with Gasteiger partial charge in [0, 0.05) is 19.0 Å². The number of aryl methyl sites for hydroxylation is 1. The molecule has 5 heteroatoms. The molecule has 3 nitrogen and oxygen atoms in total. The van der Waals surface area contributed by atoms with Crippen LogP contribution in [0.2, 0.25) is 5.15 Å². The van der Waals surface area contributed by atoms with Crippen molar-refractivity contribution in [1.29, 1.82) is 0 Å². The Labute approximate surface area is 93.2 Å². The molecule has 0 atom stereocenters. The molecule has 0 radical (unpaired) electrons. The zero-order valence-corrected chi connectivity index (χ0v) is 9.27. The first-order chi connectivity index (χ1) is 6.22. The molecule has 2 rings (SSSR count). The van der Waals surface area contributed by atoms with Crippen LogP contribution in [0.3, 0.4) is 0 Å². The Morgan fingerprint density at radius 3 is 2.86 bits per heavy atom. The van der Waals surface area contributed by atoms with Gasteiger partial charge in [-0.15, -0.1) is 12.4 Å². The summed E-state index contributed by atoms with van der Waals surface area (Å²) in [5.74, 6) is 0. The Balaban J connectivity index is 0.000000980. The van der Waals surface area contributed by atoms with Crippen LogP contribution >= 0.6 is 24.0 Å². The van der Waals surface area contributed by atoms with Crippen molar-refractivity contribution in [2.45, 2.75) is 6.54 Å². The number of benzene rings is 1. The second-order valence-electron chi connectivity index (χ2n) is 2.97. The summed E-state index contributed by atoms with van der Waals surface area (Å²) in [7, 11) is 1.87. The van der Waals surface area contributed by atoms with Gasteiger partial charge >= 0.3 is 0 Å². The van der Waals surface area contributed by atoms with Crippen molar-refractivity contribution in [2.75, 3.05) is 0 Å². The molecule has 0 aliphatic heterocycles.